The lowest BCUT2D eigenvalue weighted by Crippen LogP contribution is -2.47. The van der Waals surface area contributed by atoms with Crippen molar-refractivity contribution < 1.29 is 10.2 Å². The molecule has 2 unspecified atom stereocenters. The zero-order valence-electron chi connectivity index (χ0n) is 11.4. The van der Waals surface area contributed by atoms with Crippen LogP contribution in [0.2, 0.25) is 0 Å². The fraction of sp³-hybridized carbons (Fsp3) is 1.00. The average Bonchev–Trinajstić information content (AvgIpc) is 2.16. The third kappa shape index (κ3) is 2.78. The molecule has 2 heteroatoms. The molecule has 0 aromatic rings. The number of hydrogen-bond acceptors (Lipinski definition) is 2. The van der Waals surface area contributed by atoms with Gasteiger partial charge < -0.3 is 10.2 Å². The fourth-order valence-corrected chi connectivity index (χ4v) is 3.15. The van der Waals surface area contributed by atoms with Gasteiger partial charge in [0.1, 0.15) is 0 Å². The second-order valence-corrected chi connectivity index (χ2v) is 6.27. The van der Waals surface area contributed by atoms with Crippen LogP contribution in [0.5, 0.6) is 0 Å². The molecule has 1 aliphatic carbocycles. The summed E-state index contributed by atoms with van der Waals surface area (Å²) in [5, 5.41) is 20.7. The van der Waals surface area contributed by atoms with Gasteiger partial charge in [0.05, 0.1) is 12.2 Å². The third-order valence-electron chi connectivity index (χ3n) is 4.38. The van der Waals surface area contributed by atoms with E-state index in [9.17, 15) is 10.2 Å². The standard InChI is InChI=1S/C14H28O2/c1-8(2)11-7-6-10(5)12(14(11)16)13(15)9(3)4/h8-16H,6-7H2,1-5H3/t10-,11-,12+,13?,14?/m1/s1. The van der Waals surface area contributed by atoms with Crippen LogP contribution < -0.4 is 0 Å². The zero-order chi connectivity index (χ0) is 12.5. The predicted octanol–water partition coefficient (Wildman–Crippen LogP) is 2.68. The van der Waals surface area contributed by atoms with Crippen LogP contribution in [0.15, 0.2) is 0 Å². The quantitative estimate of drug-likeness (QED) is 0.779. The van der Waals surface area contributed by atoms with Crippen LogP contribution in [0.25, 0.3) is 0 Å². The topological polar surface area (TPSA) is 40.5 Å². The van der Waals surface area contributed by atoms with Crippen molar-refractivity contribution in [2.75, 3.05) is 0 Å². The van der Waals surface area contributed by atoms with E-state index in [1.807, 2.05) is 13.8 Å². The van der Waals surface area contributed by atoms with Crippen molar-refractivity contribution in [1.82, 2.24) is 0 Å². The van der Waals surface area contributed by atoms with Crippen LogP contribution >= 0.6 is 0 Å². The summed E-state index contributed by atoms with van der Waals surface area (Å²) in [5.74, 6) is 1.58. The van der Waals surface area contributed by atoms with Gasteiger partial charge in [0, 0.05) is 5.92 Å². The lowest BCUT2D eigenvalue weighted by atomic mass is 9.66. The Labute approximate surface area is 100 Å². The van der Waals surface area contributed by atoms with Crippen molar-refractivity contribution in [2.45, 2.75) is 59.7 Å². The Bertz CT molecular complexity index is 213. The van der Waals surface area contributed by atoms with E-state index in [2.05, 4.69) is 20.8 Å². The molecule has 1 saturated carbocycles. The normalized spacial score (nSPS) is 38.1. The highest BCUT2D eigenvalue weighted by molar-refractivity contribution is 4.91. The lowest BCUT2D eigenvalue weighted by Gasteiger charge is -2.44. The monoisotopic (exact) mass is 228 g/mol. The summed E-state index contributed by atoms with van der Waals surface area (Å²) < 4.78 is 0. The highest BCUT2D eigenvalue weighted by atomic mass is 16.3. The maximum Gasteiger partial charge on any atom is 0.0626 e. The largest absolute Gasteiger partial charge is 0.392 e. The Morgan fingerprint density at radius 3 is 2.06 bits per heavy atom. The predicted molar refractivity (Wildman–Crippen MR) is 67.1 cm³/mol. The SMILES string of the molecule is CC(C)C(O)[C@H]1C(O)[C@@H](C(C)C)CC[C@H]1C. The maximum atomic E-state index is 10.4. The van der Waals surface area contributed by atoms with Crippen molar-refractivity contribution in [3.8, 4) is 0 Å². The fourth-order valence-electron chi connectivity index (χ4n) is 3.15. The summed E-state index contributed by atoms with van der Waals surface area (Å²) in [4.78, 5) is 0. The van der Waals surface area contributed by atoms with Crippen LogP contribution in [-0.2, 0) is 0 Å². The molecule has 1 fully saturated rings. The second-order valence-electron chi connectivity index (χ2n) is 6.27. The van der Waals surface area contributed by atoms with Gasteiger partial charge in [0.15, 0.2) is 0 Å². The van der Waals surface area contributed by atoms with E-state index in [-0.39, 0.29) is 24.0 Å². The van der Waals surface area contributed by atoms with Gasteiger partial charge in [-0.15, -0.1) is 0 Å². The molecule has 0 radical (unpaired) electrons. The highest BCUT2D eigenvalue weighted by Crippen LogP contribution is 2.40. The molecule has 0 aromatic heterocycles. The third-order valence-corrected chi connectivity index (χ3v) is 4.38. The molecule has 2 N–H and O–H groups in total. The Balaban J connectivity index is 2.79. The minimum Gasteiger partial charge on any atom is -0.392 e. The summed E-state index contributed by atoms with van der Waals surface area (Å²) in [6.07, 6.45) is 1.53. The van der Waals surface area contributed by atoms with E-state index in [0.717, 1.165) is 12.8 Å². The first-order chi connectivity index (χ1) is 7.36. The molecule has 5 atom stereocenters. The molecule has 0 heterocycles. The first kappa shape index (κ1) is 14.0. The van der Waals surface area contributed by atoms with E-state index in [4.69, 9.17) is 0 Å². The molecular formula is C14H28O2. The molecule has 0 spiro atoms. The van der Waals surface area contributed by atoms with Gasteiger partial charge in [0.25, 0.3) is 0 Å². The van der Waals surface area contributed by atoms with Gasteiger partial charge in [-0.25, -0.2) is 0 Å². The number of rotatable bonds is 3. The molecule has 0 aromatic carbocycles. The van der Waals surface area contributed by atoms with Crippen molar-refractivity contribution >= 4 is 0 Å². The number of hydrogen-bond donors (Lipinski definition) is 2. The molecule has 0 amide bonds. The summed E-state index contributed by atoms with van der Waals surface area (Å²) in [6.45, 7) is 10.6. The van der Waals surface area contributed by atoms with Crippen molar-refractivity contribution in [3.05, 3.63) is 0 Å². The minimum absolute atomic E-state index is 0.0566. The van der Waals surface area contributed by atoms with Crippen molar-refractivity contribution in [2.24, 2.45) is 29.6 Å². The number of aliphatic hydroxyl groups excluding tert-OH is 2. The van der Waals surface area contributed by atoms with E-state index in [1.54, 1.807) is 0 Å². The summed E-state index contributed by atoms with van der Waals surface area (Å²) in [6, 6.07) is 0. The lowest BCUT2D eigenvalue weighted by molar-refractivity contribution is -0.0932. The summed E-state index contributed by atoms with van der Waals surface area (Å²) in [5.41, 5.74) is 0. The zero-order valence-corrected chi connectivity index (χ0v) is 11.4. The van der Waals surface area contributed by atoms with Gasteiger partial charge in [-0.3, -0.25) is 0 Å². The molecule has 96 valence electrons. The van der Waals surface area contributed by atoms with E-state index >= 15 is 0 Å². The van der Waals surface area contributed by atoms with Gasteiger partial charge in [-0.2, -0.15) is 0 Å². The Kier molecular flexibility index (Phi) is 4.81. The molecule has 1 aliphatic rings. The maximum absolute atomic E-state index is 10.4. The van der Waals surface area contributed by atoms with E-state index in [0.29, 0.717) is 17.8 Å². The van der Waals surface area contributed by atoms with Gasteiger partial charge in [0.2, 0.25) is 0 Å². The molecule has 16 heavy (non-hydrogen) atoms. The molecule has 0 saturated heterocycles. The highest BCUT2D eigenvalue weighted by Gasteiger charge is 2.41. The molecule has 0 aliphatic heterocycles. The smallest absolute Gasteiger partial charge is 0.0626 e. The van der Waals surface area contributed by atoms with E-state index in [1.165, 1.54) is 0 Å². The molecule has 1 rings (SSSR count). The van der Waals surface area contributed by atoms with Crippen LogP contribution in [0, 0.1) is 29.6 Å². The van der Waals surface area contributed by atoms with Gasteiger partial charge >= 0.3 is 0 Å². The summed E-state index contributed by atoms with van der Waals surface area (Å²) in [7, 11) is 0. The van der Waals surface area contributed by atoms with Gasteiger partial charge in [-0.05, 0) is 36.5 Å². The first-order valence-corrected chi connectivity index (χ1v) is 6.72. The van der Waals surface area contributed by atoms with Crippen molar-refractivity contribution in [1.29, 1.82) is 0 Å². The molecule has 2 nitrogen and oxygen atoms in total. The minimum atomic E-state index is -0.369. The van der Waals surface area contributed by atoms with Crippen LogP contribution in [-0.4, -0.2) is 22.4 Å². The Morgan fingerprint density at radius 2 is 1.62 bits per heavy atom. The van der Waals surface area contributed by atoms with Gasteiger partial charge in [-0.1, -0.05) is 34.6 Å². The van der Waals surface area contributed by atoms with Crippen LogP contribution in [0.4, 0.5) is 0 Å². The second kappa shape index (κ2) is 5.50. The van der Waals surface area contributed by atoms with Crippen LogP contribution in [0.1, 0.15) is 47.5 Å². The van der Waals surface area contributed by atoms with Crippen molar-refractivity contribution in [3.63, 3.8) is 0 Å². The Hall–Kier alpha value is -0.0800. The average molecular weight is 228 g/mol. The molecule has 0 bridgehead atoms. The first-order valence-electron chi connectivity index (χ1n) is 6.72. The summed E-state index contributed by atoms with van der Waals surface area (Å²) >= 11 is 0. The molecular weight excluding hydrogens is 200 g/mol. The number of aliphatic hydroxyl groups is 2. The Morgan fingerprint density at radius 1 is 1.06 bits per heavy atom. The van der Waals surface area contributed by atoms with Crippen LogP contribution in [0.3, 0.4) is 0 Å². The van der Waals surface area contributed by atoms with E-state index < -0.39 is 0 Å².